The quantitative estimate of drug-likeness (QED) is 0.816. The number of ether oxygens (including phenoxy) is 1. The largest absolute Gasteiger partial charge is 0.457 e. The van der Waals surface area contributed by atoms with Crippen LogP contribution in [0.3, 0.4) is 0 Å². The van der Waals surface area contributed by atoms with E-state index in [1.54, 1.807) is 18.3 Å². The van der Waals surface area contributed by atoms with Gasteiger partial charge in [-0.3, -0.25) is 0 Å². The number of hydrogen-bond donors (Lipinski definition) is 1. The fraction of sp³-hybridized carbons (Fsp3) is 0.0714. The van der Waals surface area contributed by atoms with Crippen molar-refractivity contribution in [3.63, 3.8) is 0 Å². The molecular weight excluding hydrogens is 214 g/mol. The van der Waals surface area contributed by atoms with Gasteiger partial charge in [0.2, 0.25) is 0 Å². The zero-order chi connectivity index (χ0) is 11.9. The normalized spacial score (nSPS) is 10.6. The van der Waals surface area contributed by atoms with E-state index in [-0.39, 0.29) is 12.6 Å². The number of aromatic nitrogens is 1. The van der Waals surface area contributed by atoms with Crippen molar-refractivity contribution in [3.8, 4) is 0 Å². The number of rotatable bonds is 4. The van der Waals surface area contributed by atoms with E-state index in [9.17, 15) is 4.79 Å². The Balaban J connectivity index is 1.80. The van der Waals surface area contributed by atoms with E-state index in [0.717, 1.165) is 5.56 Å². The molecule has 86 valence electrons. The number of nitrogens with one attached hydrogen (secondary N) is 1. The van der Waals surface area contributed by atoms with Gasteiger partial charge < -0.3 is 9.72 Å². The van der Waals surface area contributed by atoms with Crippen molar-refractivity contribution in [1.29, 1.82) is 0 Å². The van der Waals surface area contributed by atoms with E-state index in [1.807, 2.05) is 42.5 Å². The van der Waals surface area contributed by atoms with Gasteiger partial charge in [0.1, 0.15) is 12.3 Å². The van der Waals surface area contributed by atoms with Crippen LogP contribution in [-0.4, -0.2) is 17.6 Å². The lowest BCUT2D eigenvalue weighted by molar-refractivity contribution is 0.0544. The molecule has 1 N–H and O–H groups in total. The highest BCUT2D eigenvalue weighted by Crippen LogP contribution is 2.01. The number of benzene rings is 1. The Labute approximate surface area is 99.7 Å². The minimum Gasteiger partial charge on any atom is -0.457 e. The molecule has 0 saturated heterocycles. The van der Waals surface area contributed by atoms with Crippen molar-refractivity contribution < 1.29 is 9.53 Å². The minimum absolute atomic E-state index is 0.271. The van der Waals surface area contributed by atoms with Gasteiger partial charge in [-0.1, -0.05) is 36.4 Å². The van der Waals surface area contributed by atoms with E-state index < -0.39 is 0 Å². The lowest BCUT2D eigenvalue weighted by Gasteiger charge is -1.98. The maximum atomic E-state index is 11.4. The number of aromatic amines is 1. The number of carbonyl (C=O) groups excluding carboxylic acids is 1. The molecule has 0 bridgehead atoms. The molecule has 0 atom stereocenters. The highest BCUT2D eigenvalue weighted by Gasteiger charge is 2.04. The number of carbonyl (C=O) groups is 1. The summed E-state index contributed by atoms with van der Waals surface area (Å²) in [4.78, 5) is 14.2. The van der Waals surface area contributed by atoms with Crippen molar-refractivity contribution in [1.82, 2.24) is 4.98 Å². The van der Waals surface area contributed by atoms with Crippen LogP contribution in [0.1, 0.15) is 16.1 Å². The van der Waals surface area contributed by atoms with Gasteiger partial charge in [0.25, 0.3) is 0 Å². The van der Waals surface area contributed by atoms with Crippen LogP contribution in [0.25, 0.3) is 6.08 Å². The average Bonchev–Trinajstić information content (AvgIpc) is 2.89. The SMILES string of the molecule is O=C(OC/C=C/c1ccccc1)c1ccc[nH]1. The highest BCUT2D eigenvalue weighted by atomic mass is 16.5. The van der Waals surface area contributed by atoms with Crippen molar-refractivity contribution in [2.45, 2.75) is 0 Å². The smallest absolute Gasteiger partial charge is 0.355 e. The molecule has 1 aromatic carbocycles. The second-order valence-corrected chi connectivity index (χ2v) is 3.50. The molecule has 2 aromatic rings. The van der Waals surface area contributed by atoms with Crippen molar-refractivity contribution in [2.75, 3.05) is 6.61 Å². The lowest BCUT2D eigenvalue weighted by atomic mass is 10.2. The standard InChI is InChI=1S/C14H13NO2/c16-14(13-9-4-10-15-13)17-11-5-8-12-6-2-1-3-7-12/h1-10,15H,11H2/b8-5+. The summed E-state index contributed by atoms with van der Waals surface area (Å²) in [5.74, 6) is -0.340. The van der Waals surface area contributed by atoms with Crippen LogP contribution < -0.4 is 0 Å². The molecule has 3 heteroatoms. The first kappa shape index (κ1) is 11.2. The zero-order valence-electron chi connectivity index (χ0n) is 9.30. The average molecular weight is 227 g/mol. The molecule has 0 unspecified atom stereocenters. The monoisotopic (exact) mass is 227 g/mol. The molecule has 0 saturated carbocycles. The molecule has 0 fully saturated rings. The topological polar surface area (TPSA) is 42.1 Å². The van der Waals surface area contributed by atoms with Crippen LogP contribution in [-0.2, 0) is 4.74 Å². The summed E-state index contributed by atoms with van der Waals surface area (Å²) in [6.45, 7) is 0.271. The van der Waals surface area contributed by atoms with Gasteiger partial charge in [0, 0.05) is 6.20 Å². The summed E-state index contributed by atoms with van der Waals surface area (Å²) in [5.41, 5.74) is 1.56. The van der Waals surface area contributed by atoms with Gasteiger partial charge in [-0.2, -0.15) is 0 Å². The van der Waals surface area contributed by atoms with Crippen LogP contribution in [0.15, 0.2) is 54.7 Å². The van der Waals surface area contributed by atoms with E-state index in [2.05, 4.69) is 4.98 Å². The lowest BCUT2D eigenvalue weighted by Crippen LogP contribution is -2.05. The minimum atomic E-state index is -0.340. The van der Waals surface area contributed by atoms with E-state index in [4.69, 9.17) is 4.74 Å². The first-order chi connectivity index (χ1) is 8.36. The van der Waals surface area contributed by atoms with Crippen LogP contribution >= 0.6 is 0 Å². The van der Waals surface area contributed by atoms with E-state index >= 15 is 0 Å². The van der Waals surface area contributed by atoms with Crippen molar-refractivity contribution in [2.24, 2.45) is 0 Å². The Morgan fingerprint density at radius 1 is 1.18 bits per heavy atom. The van der Waals surface area contributed by atoms with Gasteiger partial charge in [0.15, 0.2) is 0 Å². The molecule has 0 spiro atoms. The Morgan fingerprint density at radius 3 is 2.71 bits per heavy atom. The Bertz CT molecular complexity index is 486. The van der Waals surface area contributed by atoms with Crippen LogP contribution in [0.2, 0.25) is 0 Å². The third-order valence-corrected chi connectivity index (χ3v) is 2.24. The highest BCUT2D eigenvalue weighted by molar-refractivity contribution is 5.87. The third-order valence-electron chi connectivity index (χ3n) is 2.24. The van der Waals surface area contributed by atoms with E-state index in [1.165, 1.54) is 0 Å². The predicted molar refractivity (Wildman–Crippen MR) is 66.6 cm³/mol. The van der Waals surface area contributed by atoms with Crippen molar-refractivity contribution in [3.05, 3.63) is 66.0 Å². The molecule has 1 aromatic heterocycles. The molecule has 0 aliphatic carbocycles. The molecule has 0 aliphatic heterocycles. The molecule has 2 rings (SSSR count). The molecule has 17 heavy (non-hydrogen) atoms. The molecule has 1 heterocycles. The Morgan fingerprint density at radius 2 is 2.00 bits per heavy atom. The number of hydrogen-bond acceptors (Lipinski definition) is 2. The first-order valence-electron chi connectivity index (χ1n) is 5.38. The molecule has 0 radical (unpaired) electrons. The van der Waals surface area contributed by atoms with Gasteiger partial charge in [-0.25, -0.2) is 4.79 Å². The van der Waals surface area contributed by atoms with Gasteiger partial charge >= 0.3 is 5.97 Å². The summed E-state index contributed by atoms with van der Waals surface area (Å²) in [7, 11) is 0. The Hall–Kier alpha value is -2.29. The van der Waals surface area contributed by atoms with Gasteiger partial charge in [-0.05, 0) is 23.8 Å². The van der Waals surface area contributed by atoms with Gasteiger partial charge in [-0.15, -0.1) is 0 Å². The number of H-pyrrole nitrogens is 1. The van der Waals surface area contributed by atoms with Gasteiger partial charge in [0.05, 0.1) is 0 Å². The van der Waals surface area contributed by atoms with E-state index in [0.29, 0.717) is 5.69 Å². The summed E-state index contributed by atoms with van der Waals surface area (Å²) < 4.78 is 5.05. The summed E-state index contributed by atoms with van der Waals surface area (Å²) in [6.07, 6.45) is 5.43. The second-order valence-electron chi connectivity index (χ2n) is 3.50. The third kappa shape index (κ3) is 3.34. The molecule has 0 amide bonds. The van der Waals surface area contributed by atoms with Crippen LogP contribution in [0.4, 0.5) is 0 Å². The maximum absolute atomic E-state index is 11.4. The fourth-order valence-electron chi connectivity index (χ4n) is 1.41. The summed E-state index contributed by atoms with van der Waals surface area (Å²) >= 11 is 0. The Kier molecular flexibility index (Phi) is 3.76. The summed E-state index contributed by atoms with van der Waals surface area (Å²) in [5, 5.41) is 0. The van der Waals surface area contributed by atoms with Crippen LogP contribution in [0.5, 0.6) is 0 Å². The predicted octanol–water partition coefficient (Wildman–Crippen LogP) is 2.88. The fourth-order valence-corrected chi connectivity index (χ4v) is 1.41. The summed E-state index contributed by atoms with van der Waals surface area (Å²) in [6, 6.07) is 13.3. The molecule has 0 aliphatic rings. The number of esters is 1. The first-order valence-corrected chi connectivity index (χ1v) is 5.38. The van der Waals surface area contributed by atoms with Crippen LogP contribution in [0, 0.1) is 0 Å². The maximum Gasteiger partial charge on any atom is 0.355 e. The molecular formula is C14H13NO2. The zero-order valence-corrected chi connectivity index (χ0v) is 9.30. The molecule has 3 nitrogen and oxygen atoms in total. The van der Waals surface area contributed by atoms with Crippen molar-refractivity contribution >= 4 is 12.0 Å². The second kappa shape index (κ2) is 5.70.